The van der Waals surface area contributed by atoms with Crippen molar-refractivity contribution in [3.8, 4) is 0 Å². The van der Waals surface area contributed by atoms with Crippen molar-refractivity contribution in [2.24, 2.45) is 0 Å². The standard InChI is InChI=1S/C10H15N3O3S/c1-11-7-3-4-13(10(14)12-7)8-5-16-9(17-8)6-15-2/h3-4,8-9H,5-6H2,1-2H3,(H,11,12,14)/t8-,9-/m0/s1. The van der Waals surface area contributed by atoms with E-state index in [0.717, 1.165) is 0 Å². The van der Waals surface area contributed by atoms with Gasteiger partial charge < -0.3 is 14.8 Å². The van der Waals surface area contributed by atoms with Crippen LogP contribution in [0.4, 0.5) is 5.82 Å². The maximum absolute atomic E-state index is 11.8. The number of methoxy groups -OCH3 is 1. The number of hydrogen-bond acceptors (Lipinski definition) is 6. The van der Waals surface area contributed by atoms with Crippen molar-refractivity contribution in [1.29, 1.82) is 0 Å². The molecule has 1 fully saturated rings. The molecule has 1 aromatic heterocycles. The minimum atomic E-state index is -0.268. The average molecular weight is 257 g/mol. The molecule has 0 aromatic carbocycles. The van der Waals surface area contributed by atoms with Gasteiger partial charge in [0.15, 0.2) is 0 Å². The molecular weight excluding hydrogens is 242 g/mol. The van der Waals surface area contributed by atoms with Gasteiger partial charge in [0.05, 0.1) is 13.2 Å². The van der Waals surface area contributed by atoms with Crippen molar-refractivity contribution in [3.05, 3.63) is 22.7 Å². The van der Waals surface area contributed by atoms with Gasteiger partial charge in [0.25, 0.3) is 0 Å². The summed E-state index contributed by atoms with van der Waals surface area (Å²) < 4.78 is 12.1. The fourth-order valence-electron chi connectivity index (χ4n) is 1.58. The molecule has 0 aliphatic carbocycles. The van der Waals surface area contributed by atoms with Crippen LogP contribution in [0.1, 0.15) is 5.37 Å². The monoisotopic (exact) mass is 257 g/mol. The Labute approximate surface area is 103 Å². The van der Waals surface area contributed by atoms with Crippen LogP contribution in [0.25, 0.3) is 0 Å². The molecule has 1 saturated heterocycles. The van der Waals surface area contributed by atoms with E-state index in [1.165, 1.54) is 0 Å². The maximum atomic E-state index is 11.8. The number of thioether (sulfide) groups is 1. The molecule has 0 saturated carbocycles. The molecule has 17 heavy (non-hydrogen) atoms. The Hall–Kier alpha value is -1.05. The van der Waals surface area contributed by atoms with Crippen LogP contribution in [0.2, 0.25) is 0 Å². The van der Waals surface area contributed by atoms with Crippen LogP contribution in [0.5, 0.6) is 0 Å². The zero-order valence-corrected chi connectivity index (χ0v) is 10.6. The van der Waals surface area contributed by atoms with Crippen molar-refractivity contribution in [1.82, 2.24) is 9.55 Å². The van der Waals surface area contributed by atoms with Gasteiger partial charge in [0.1, 0.15) is 16.6 Å². The number of nitrogens with one attached hydrogen (secondary N) is 1. The normalized spacial score (nSPS) is 23.9. The first-order chi connectivity index (χ1) is 8.24. The lowest BCUT2D eigenvalue weighted by atomic mass is 10.5. The Morgan fingerprint density at radius 2 is 2.59 bits per heavy atom. The van der Waals surface area contributed by atoms with Crippen LogP contribution < -0.4 is 11.0 Å². The van der Waals surface area contributed by atoms with Gasteiger partial charge in [-0.25, -0.2) is 4.79 Å². The van der Waals surface area contributed by atoms with E-state index in [2.05, 4.69) is 10.3 Å². The zero-order chi connectivity index (χ0) is 12.3. The smallest absolute Gasteiger partial charge is 0.350 e. The molecular formula is C10H15N3O3S. The van der Waals surface area contributed by atoms with E-state index in [4.69, 9.17) is 9.47 Å². The third-order valence-corrected chi connectivity index (χ3v) is 3.69. The maximum Gasteiger partial charge on any atom is 0.350 e. The van der Waals surface area contributed by atoms with Crippen LogP contribution >= 0.6 is 11.8 Å². The number of rotatable bonds is 4. The first kappa shape index (κ1) is 12.4. The Kier molecular flexibility index (Phi) is 4.03. The van der Waals surface area contributed by atoms with Gasteiger partial charge >= 0.3 is 5.69 Å². The second kappa shape index (κ2) is 5.52. The highest BCUT2D eigenvalue weighted by molar-refractivity contribution is 8.00. The summed E-state index contributed by atoms with van der Waals surface area (Å²) in [6, 6.07) is 1.77. The summed E-state index contributed by atoms with van der Waals surface area (Å²) in [6.45, 7) is 1.02. The largest absolute Gasteiger partial charge is 0.381 e. The highest BCUT2D eigenvalue weighted by atomic mass is 32.2. The summed E-state index contributed by atoms with van der Waals surface area (Å²) >= 11 is 1.57. The van der Waals surface area contributed by atoms with Gasteiger partial charge in [0.2, 0.25) is 0 Å². The predicted molar refractivity (Wildman–Crippen MR) is 66.3 cm³/mol. The molecule has 2 rings (SSSR count). The SMILES string of the molecule is CNc1ccn([C@@H]2CO[C@H](COC)S2)c(=O)n1. The van der Waals surface area contributed by atoms with E-state index in [1.54, 1.807) is 42.7 Å². The van der Waals surface area contributed by atoms with Crippen molar-refractivity contribution in [2.45, 2.75) is 10.8 Å². The summed E-state index contributed by atoms with van der Waals surface area (Å²) in [5, 5.41) is 2.81. The lowest BCUT2D eigenvalue weighted by molar-refractivity contribution is 0.0595. The summed E-state index contributed by atoms with van der Waals surface area (Å²) in [5.41, 5.74) is -0.281. The second-order valence-electron chi connectivity index (χ2n) is 3.56. The van der Waals surface area contributed by atoms with Crippen molar-refractivity contribution in [3.63, 3.8) is 0 Å². The molecule has 1 aliphatic heterocycles. The molecule has 0 radical (unpaired) electrons. The lowest BCUT2D eigenvalue weighted by Crippen LogP contribution is -2.26. The van der Waals surface area contributed by atoms with Crippen LogP contribution in [-0.4, -0.2) is 42.4 Å². The van der Waals surface area contributed by atoms with Crippen molar-refractivity contribution >= 4 is 17.6 Å². The zero-order valence-electron chi connectivity index (χ0n) is 9.75. The minimum Gasteiger partial charge on any atom is -0.381 e. The van der Waals surface area contributed by atoms with Gasteiger partial charge in [-0.15, -0.1) is 11.8 Å². The highest BCUT2D eigenvalue weighted by Crippen LogP contribution is 2.34. The summed E-state index contributed by atoms with van der Waals surface area (Å²) in [6.07, 6.45) is 1.73. The Morgan fingerprint density at radius 1 is 1.76 bits per heavy atom. The molecule has 7 heteroatoms. The molecule has 94 valence electrons. The second-order valence-corrected chi connectivity index (χ2v) is 4.90. The van der Waals surface area contributed by atoms with E-state index in [0.29, 0.717) is 19.0 Å². The highest BCUT2D eigenvalue weighted by Gasteiger charge is 2.28. The molecule has 0 bridgehead atoms. The van der Waals surface area contributed by atoms with Crippen LogP contribution in [-0.2, 0) is 9.47 Å². The van der Waals surface area contributed by atoms with E-state index in [1.807, 2.05) is 0 Å². The van der Waals surface area contributed by atoms with E-state index in [9.17, 15) is 4.79 Å². The lowest BCUT2D eigenvalue weighted by Gasteiger charge is -2.11. The molecule has 1 N–H and O–H groups in total. The van der Waals surface area contributed by atoms with Crippen molar-refractivity contribution in [2.75, 3.05) is 32.7 Å². The molecule has 0 unspecified atom stereocenters. The fourth-order valence-corrected chi connectivity index (χ4v) is 2.75. The van der Waals surface area contributed by atoms with E-state index in [-0.39, 0.29) is 16.5 Å². The van der Waals surface area contributed by atoms with Crippen LogP contribution in [0.3, 0.4) is 0 Å². The van der Waals surface area contributed by atoms with E-state index < -0.39 is 0 Å². The van der Waals surface area contributed by atoms with Crippen LogP contribution in [0, 0.1) is 0 Å². The van der Waals surface area contributed by atoms with Gasteiger partial charge in [0, 0.05) is 20.4 Å². The minimum absolute atomic E-state index is 0.0131. The molecule has 1 aromatic rings. The van der Waals surface area contributed by atoms with Gasteiger partial charge in [-0.05, 0) is 6.07 Å². The topological polar surface area (TPSA) is 65.4 Å². The Bertz CT molecular complexity index is 437. The molecule has 0 spiro atoms. The van der Waals surface area contributed by atoms with Gasteiger partial charge in [-0.1, -0.05) is 0 Å². The molecule has 6 nitrogen and oxygen atoms in total. The first-order valence-electron chi connectivity index (χ1n) is 5.27. The van der Waals surface area contributed by atoms with Gasteiger partial charge in [-0.3, -0.25) is 4.57 Å². The van der Waals surface area contributed by atoms with Gasteiger partial charge in [-0.2, -0.15) is 4.98 Å². The Balaban J connectivity index is 2.11. The fraction of sp³-hybridized carbons (Fsp3) is 0.600. The van der Waals surface area contributed by atoms with E-state index >= 15 is 0 Å². The number of nitrogens with zero attached hydrogens (tertiary/aromatic N) is 2. The number of aromatic nitrogens is 2. The third-order valence-electron chi connectivity index (χ3n) is 2.43. The molecule has 1 aliphatic rings. The number of ether oxygens (including phenoxy) is 2. The number of anilines is 1. The summed E-state index contributed by atoms with van der Waals surface area (Å²) in [7, 11) is 3.36. The average Bonchev–Trinajstić information content (AvgIpc) is 2.78. The van der Waals surface area contributed by atoms with Crippen molar-refractivity contribution < 1.29 is 9.47 Å². The predicted octanol–water partition coefficient (Wildman–Crippen LogP) is 0.519. The molecule has 2 heterocycles. The molecule has 2 atom stereocenters. The third kappa shape index (κ3) is 2.80. The summed E-state index contributed by atoms with van der Waals surface area (Å²) in [4.78, 5) is 15.7. The molecule has 0 amide bonds. The quantitative estimate of drug-likeness (QED) is 0.848. The first-order valence-corrected chi connectivity index (χ1v) is 6.22. The number of hydrogen-bond donors (Lipinski definition) is 1. The Morgan fingerprint density at radius 3 is 3.24 bits per heavy atom. The van der Waals surface area contributed by atoms with Crippen LogP contribution in [0.15, 0.2) is 17.1 Å². The summed E-state index contributed by atoms with van der Waals surface area (Å²) in [5.74, 6) is 0.573.